The SMILES string of the molecule is CC(=O)Nc1nc(C)c(S(=O)(=O)N2Cc3cc4c(cc3CC2C(=O)NC(Cc2ccc(-c3ccc(C#N)cc3)cc2)C(=O)O)OCC(c2ccc(OCc3ccc(Cl)c(Cl)c3)cc2)O4)s1. The molecule has 332 valence electrons. The Bertz CT molecular complexity index is 2960. The number of carbonyl (C=O) groups is 3. The number of carboxylic acids is 1. The number of carbonyl (C=O) groups excluding carboxylic acids is 2. The van der Waals surface area contributed by atoms with Gasteiger partial charge >= 0.3 is 5.97 Å². The number of anilines is 1. The molecule has 0 aliphatic carbocycles. The highest BCUT2D eigenvalue weighted by atomic mass is 35.5. The lowest BCUT2D eigenvalue weighted by Crippen LogP contribution is -2.55. The van der Waals surface area contributed by atoms with Crippen LogP contribution in [0.2, 0.25) is 10.0 Å². The van der Waals surface area contributed by atoms with Gasteiger partial charge in [0.2, 0.25) is 11.8 Å². The number of fused-ring (bicyclic) bond motifs is 2. The summed E-state index contributed by atoms with van der Waals surface area (Å²) in [5, 5.41) is 25.6. The summed E-state index contributed by atoms with van der Waals surface area (Å²) in [7, 11) is -4.49. The predicted molar refractivity (Wildman–Crippen MR) is 244 cm³/mol. The van der Waals surface area contributed by atoms with Crippen LogP contribution in [0.4, 0.5) is 5.13 Å². The monoisotopic (exact) mass is 951 g/mol. The molecular weight excluding hydrogens is 914 g/mol. The molecule has 0 fully saturated rings. The maximum Gasteiger partial charge on any atom is 0.326 e. The van der Waals surface area contributed by atoms with E-state index in [0.29, 0.717) is 49.5 Å². The lowest BCUT2D eigenvalue weighted by atomic mass is 9.94. The third-order valence-electron chi connectivity index (χ3n) is 10.9. The second-order valence-corrected chi connectivity index (χ2v) is 19.3. The first-order valence-corrected chi connectivity index (χ1v) is 23.2. The van der Waals surface area contributed by atoms with Crippen LogP contribution in [0, 0.1) is 18.3 Å². The minimum atomic E-state index is -4.49. The number of thiazole rings is 1. The van der Waals surface area contributed by atoms with E-state index >= 15 is 0 Å². The van der Waals surface area contributed by atoms with E-state index in [4.69, 9.17) is 42.7 Å². The van der Waals surface area contributed by atoms with Gasteiger partial charge in [-0.25, -0.2) is 18.2 Å². The lowest BCUT2D eigenvalue weighted by Gasteiger charge is -2.36. The Morgan fingerprint density at radius 3 is 2.28 bits per heavy atom. The van der Waals surface area contributed by atoms with Crippen LogP contribution in [0.25, 0.3) is 11.1 Å². The number of hydrogen-bond donors (Lipinski definition) is 3. The number of amides is 2. The van der Waals surface area contributed by atoms with Gasteiger partial charge in [-0.1, -0.05) is 89.1 Å². The fraction of sp³-hybridized carbons (Fsp3) is 0.213. The van der Waals surface area contributed by atoms with Crippen LogP contribution in [0.5, 0.6) is 17.2 Å². The van der Waals surface area contributed by atoms with Crippen LogP contribution in [-0.4, -0.2) is 59.3 Å². The average molecular weight is 953 g/mol. The van der Waals surface area contributed by atoms with E-state index < -0.39 is 46.0 Å². The number of nitriles is 1. The summed E-state index contributed by atoms with van der Waals surface area (Å²) >= 11 is 12.9. The zero-order chi connectivity index (χ0) is 46.0. The fourth-order valence-corrected chi connectivity index (χ4v) is 11.0. The zero-order valence-electron chi connectivity index (χ0n) is 34.7. The van der Waals surface area contributed by atoms with Crippen molar-refractivity contribution in [2.75, 3.05) is 11.9 Å². The molecule has 65 heavy (non-hydrogen) atoms. The Kier molecular flexibility index (Phi) is 13.1. The number of ether oxygens (including phenoxy) is 3. The molecule has 5 aromatic carbocycles. The maximum atomic E-state index is 14.6. The van der Waals surface area contributed by atoms with Gasteiger partial charge in [0.15, 0.2) is 26.9 Å². The molecule has 2 amide bonds. The second-order valence-electron chi connectivity index (χ2n) is 15.4. The number of aliphatic carboxylic acids is 1. The number of nitrogens with zero attached hydrogens (tertiary/aromatic N) is 3. The molecule has 3 atom stereocenters. The van der Waals surface area contributed by atoms with E-state index in [1.165, 1.54) is 13.8 Å². The maximum absolute atomic E-state index is 14.6. The van der Waals surface area contributed by atoms with Gasteiger partial charge in [0.05, 0.1) is 27.4 Å². The molecule has 0 saturated carbocycles. The number of carboxylic acid groups (broad SMARTS) is 1. The second kappa shape index (κ2) is 18.9. The van der Waals surface area contributed by atoms with Crippen LogP contribution in [0.1, 0.15) is 52.1 Å². The first-order chi connectivity index (χ1) is 31.1. The highest BCUT2D eigenvalue weighted by molar-refractivity contribution is 7.91. The van der Waals surface area contributed by atoms with E-state index in [1.54, 1.807) is 48.5 Å². The van der Waals surface area contributed by atoms with Gasteiger partial charge in [0.1, 0.15) is 31.0 Å². The van der Waals surface area contributed by atoms with E-state index in [2.05, 4.69) is 21.7 Å². The van der Waals surface area contributed by atoms with Crippen LogP contribution < -0.4 is 24.8 Å². The summed E-state index contributed by atoms with van der Waals surface area (Å²) in [5.74, 6) is -1.16. The molecule has 0 spiro atoms. The highest BCUT2D eigenvalue weighted by Crippen LogP contribution is 2.42. The van der Waals surface area contributed by atoms with Gasteiger partial charge in [-0.3, -0.25) is 9.59 Å². The number of halogens is 2. The van der Waals surface area contributed by atoms with Crippen molar-refractivity contribution in [1.82, 2.24) is 14.6 Å². The molecular formula is C47H39Cl2N5O9S2. The zero-order valence-corrected chi connectivity index (χ0v) is 37.9. The topological polar surface area (TPSA) is 197 Å². The van der Waals surface area contributed by atoms with Crippen molar-refractivity contribution in [3.63, 3.8) is 0 Å². The molecule has 6 aromatic rings. The van der Waals surface area contributed by atoms with Gasteiger partial charge in [0.25, 0.3) is 10.0 Å². The summed E-state index contributed by atoms with van der Waals surface area (Å²) < 4.78 is 48.7. The summed E-state index contributed by atoms with van der Waals surface area (Å²) in [6.45, 7) is 2.94. The molecule has 18 heteroatoms. The summed E-state index contributed by atoms with van der Waals surface area (Å²) in [6.07, 6.45) is -0.724. The van der Waals surface area contributed by atoms with Crippen LogP contribution in [-0.2, 0) is 50.4 Å². The minimum Gasteiger partial charge on any atom is -0.489 e. The first kappa shape index (κ1) is 45.1. The van der Waals surface area contributed by atoms with Crippen molar-refractivity contribution >= 4 is 67.5 Å². The summed E-state index contributed by atoms with van der Waals surface area (Å²) in [4.78, 5) is 43.1. The molecule has 0 radical (unpaired) electrons. The smallest absolute Gasteiger partial charge is 0.326 e. The molecule has 1 aromatic heterocycles. The van der Waals surface area contributed by atoms with E-state index in [-0.39, 0.29) is 47.6 Å². The molecule has 2 aliphatic rings. The third-order valence-corrected chi connectivity index (χ3v) is 15.1. The van der Waals surface area contributed by atoms with E-state index in [0.717, 1.165) is 37.9 Å². The normalized spacial score (nSPS) is 16.1. The Labute approximate surface area is 388 Å². The average Bonchev–Trinajstić information content (AvgIpc) is 3.67. The third kappa shape index (κ3) is 10.1. The van der Waals surface area contributed by atoms with Gasteiger partial charge in [-0.15, -0.1) is 0 Å². The summed E-state index contributed by atoms with van der Waals surface area (Å²) in [6, 6.07) is 29.5. The molecule has 0 bridgehead atoms. The molecule has 2 aliphatic heterocycles. The van der Waals surface area contributed by atoms with Gasteiger partial charge in [-0.05, 0) is 101 Å². The number of sulfonamides is 1. The largest absolute Gasteiger partial charge is 0.489 e. The van der Waals surface area contributed by atoms with Crippen molar-refractivity contribution in [2.45, 2.75) is 62.2 Å². The van der Waals surface area contributed by atoms with Gasteiger partial charge in [0, 0.05) is 19.9 Å². The number of nitrogens with one attached hydrogen (secondary N) is 2. The molecule has 3 N–H and O–H groups in total. The first-order valence-electron chi connectivity index (χ1n) is 20.2. The Morgan fingerprint density at radius 1 is 0.938 bits per heavy atom. The van der Waals surface area contributed by atoms with Crippen molar-refractivity contribution in [1.29, 1.82) is 5.26 Å². The quantitative estimate of drug-likeness (QED) is 0.101. The number of aryl methyl sites for hydroxylation is 1. The van der Waals surface area contributed by atoms with E-state index in [9.17, 15) is 27.9 Å². The van der Waals surface area contributed by atoms with Crippen molar-refractivity contribution in [3.8, 4) is 34.4 Å². The summed E-state index contributed by atoms with van der Waals surface area (Å²) in [5.41, 5.74) is 5.80. The standard InChI is InChI=1S/C47H39Cl2N5O9S2/c1-26-46(64-47(51-26)52-27(2)55)65(59,60)54-23-35-21-42-41(62-25-43(63-42)33-12-14-36(15-13-33)61-24-30-7-16-37(48)38(49)17-30)20-34(35)19-40(54)44(56)53-39(45(57)58)18-28-3-8-31(9-4-28)32-10-5-29(22-50)6-11-32/h3-17,20-21,39-40,43H,18-19,23-25H2,1-2H3,(H,53,56)(H,57,58)(H,51,52,55). The van der Waals surface area contributed by atoms with Gasteiger partial charge < -0.3 is 30.0 Å². The Balaban J connectivity index is 1.03. The molecule has 3 unspecified atom stereocenters. The number of aromatic nitrogens is 1. The van der Waals surface area contributed by atoms with Crippen molar-refractivity contribution < 1.29 is 42.1 Å². The molecule has 3 heterocycles. The minimum absolute atomic E-state index is 0.0693. The Hall–Kier alpha value is -6.48. The fourth-order valence-electron chi connectivity index (χ4n) is 7.55. The number of benzene rings is 5. The molecule has 8 rings (SSSR count). The van der Waals surface area contributed by atoms with Gasteiger partial charge in [-0.2, -0.15) is 9.57 Å². The highest BCUT2D eigenvalue weighted by Gasteiger charge is 2.43. The number of hydrogen-bond acceptors (Lipinski definition) is 11. The van der Waals surface area contributed by atoms with Crippen molar-refractivity contribution in [2.24, 2.45) is 0 Å². The Morgan fingerprint density at radius 2 is 1.62 bits per heavy atom. The van der Waals surface area contributed by atoms with Crippen LogP contribution >= 0.6 is 34.5 Å². The number of rotatable bonds is 13. The van der Waals surface area contributed by atoms with Crippen LogP contribution in [0.3, 0.4) is 0 Å². The van der Waals surface area contributed by atoms with E-state index in [1.807, 2.05) is 54.6 Å². The molecule has 0 saturated heterocycles. The lowest BCUT2D eigenvalue weighted by molar-refractivity contribution is -0.142. The predicted octanol–water partition coefficient (Wildman–Crippen LogP) is 8.27. The molecule has 14 nitrogen and oxygen atoms in total. The van der Waals surface area contributed by atoms with Crippen LogP contribution in [0.15, 0.2) is 107 Å². The van der Waals surface area contributed by atoms with Crippen molar-refractivity contribution in [3.05, 3.63) is 152 Å².